The molecular weight excluding hydrogens is 372 g/mol. The van der Waals surface area contributed by atoms with Crippen LogP contribution >= 0.6 is 0 Å². The Labute approximate surface area is 172 Å². The number of rotatable bonds is 8. The van der Waals surface area contributed by atoms with Gasteiger partial charge < -0.3 is 24.4 Å². The number of carbonyl (C=O) groups excluding carboxylic acids is 2. The van der Waals surface area contributed by atoms with Crippen LogP contribution in [0, 0.1) is 5.92 Å². The summed E-state index contributed by atoms with van der Waals surface area (Å²) in [6, 6.07) is 7.58. The topological polar surface area (TPSA) is 77.1 Å². The van der Waals surface area contributed by atoms with Crippen LogP contribution in [-0.2, 0) is 25.5 Å². The van der Waals surface area contributed by atoms with Gasteiger partial charge in [0.05, 0.1) is 19.1 Å². The van der Waals surface area contributed by atoms with Crippen LogP contribution < -0.4 is 10.1 Å². The molecule has 1 N–H and O–H groups in total. The van der Waals surface area contributed by atoms with Crippen LogP contribution in [-0.4, -0.2) is 69.4 Å². The fraction of sp³-hybridized carbons (Fsp3) is 0.636. The van der Waals surface area contributed by atoms with Crippen LogP contribution in [0.1, 0.15) is 31.2 Å². The van der Waals surface area contributed by atoms with E-state index in [9.17, 15) is 9.59 Å². The van der Waals surface area contributed by atoms with Crippen molar-refractivity contribution in [2.75, 3.05) is 47.1 Å². The summed E-state index contributed by atoms with van der Waals surface area (Å²) in [5.41, 5.74) is 0.505. The summed E-state index contributed by atoms with van der Waals surface area (Å²) in [4.78, 5) is 27.6. The molecule has 2 fully saturated rings. The van der Waals surface area contributed by atoms with Gasteiger partial charge >= 0.3 is 0 Å². The van der Waals surface area contributed by atoms with Crippen LogP contribution in [0.4, 0.5) is 0 Å². The molecule has 2 saturated heterocycles. The largest absolute Gasteiger partial charge is 0.497 e. The van der Waals surface area contributed by atoms with E-state index in [0.717, 1.165) is 30.6 Å². The highest BCUT2D eigenvalue weighted by Crippen LogP contribution is 2.28. The number of nitrogens with zero attached hydrogens (tertiary/aromatic N) is 1. The van der Waals surface area contributed by atoms with Crippen molar-refractivity contribution < 1.29 is 23.8 Å². The van der Waals surface area contributed by atoms with E-state index in [-0.39, 0.29) is 17.7 Å². The van der Waals surface area contributed by atoms with Crippen molar-refractivity contribution in [1.82, 2.24) is 10.2 Å². The Balaban J connectivity index is 1.63. The van der Waals surface area contributed by atoms with Crippen molar-refractivity contribution in [3.8, 4) is 5.75 Å². The van der Waals surface area contributed by atoms with Crippen molar-refractivity contribution in [3.05, 3.63) is 29.8 Å². The molecule has 1 atom stereocenters. The van der Waals surface area contributed by atoms with Crippen molar-refractivity contribution >= 4 is 11.8 Å². The maximum absolute atomic E-state index is 12.9. The molecule has 0 saturated carbocycles. The molecule has 2 heterocycles. The van der Waals surface area contributed by atoms with Crippen LogP contribution in [0.15, 0.2) is 24.3 Å². The van der Waals surface area contributed by atoms with E-state index in [4.69, 9.17) is 14.2 Å². The fourth-order valence-electron chi connectivity index (χ4n) is 4.14. The molecule has 0 radical (unpaired) electrons. The molecule has 2 amide bonds. The molecule has 0 aromatic heterocycles. The van der Waals surface area contributed by atoms with Gasteiger partial charge in [0.2, 0.25) is 11.8 Å². The lowest BCUT2D eigenvalue weighted by atomic mass is 9.91. The van der Waals surface area contributed by atoms with E-state index in [2.05, 4.69) is 5.32 Å². The molecule has 1 aromatic carbocycles. The Morgan fingerprint density at radius 1 is 1.28 bits per heavy atom. The monoisotopic (exact) mass is 404 g/mol. The molecular formula is C22H32N2O5. The third-order valence-corrected chi connectivity index (χ3v) is 5.96. The molecule has 29 heavy (non-hydrogen) atoms. The Kier molecular flexibility index (Phi) is 7.50. The van der Waals surface area contributed by atoms with Gasteiger partial charge in [-0.1, -0.05) is 12.1 Å². The second-order valence-electron chi connectivity index (χ2n) is 7.99. The Hall–Kier alpha value is -2.12. The predicted molar refractivity (Wildman–Crippen MR) is 109 cm³/mol. The van der Waals surface area contributed by atoms with Gasteiger partial charge in [-0.25, -0.2) is 0 Å². The number of hydrogen-bond acceptors (Lipinski definition) is 5. The lowest BCUT2D eigenvalue weighted by Gasteiger charge is -2.33. The maximum atomic E-state index is 12.9. The molecule has 1 aromatic rings. The van der Waals surface area contributed by atoms with Crippen molar-refractivity contribution in [3.63, 3.8) is 0 Å². The fourth-order valence-corrected chi connectivity index (χ4v) is 4.14. The summed E-state index contributed by atoms with van der Waals surface area (Å²) in [7, 11) is 3.28. The van der Waals surface area contributed by atoms with E-state index in [1.54, 1.807) is 14.2 Å². The maximum Gasteiger partial charge on any atom is 0.227 e. The molecule has 7 nitrogen and oxygen atoms in total. The van der Waals surface area contributed by atoms with Crippen LogP contribution in [0.2, 0.25) is 0 Å². The van der Waals surface area contributed by atoms with Crippen LogP contribution in [0.3, 0.4) is 0 Å². The number of amides is 2. The highest BCUT2D eigenvalue weighted by molar-refractivity contribution is 5.81. The smallest absolute Gasteiger partial charge is 0.227 e. The third-order valence-electron chi connectivity index (χ3n) is 5.96. The number of carbonyl (C=O) groups is 2. The summed E-state index contributed by atoms with van der Waals surface area (Å²) < 4.78 is 15.9. The molecule has 1 unspecified atom stereocenters. The predicted octanol–water partition coefficient (Wildman–Crippen LogP) is 1.79. The van der Waals surface area contributed by atoms with Crippen LogP contribution in [0.25, 0.3) is 0 Å². The van der Waals surface area contributed by atoms with Gasteiger partial charge in [-0.2, -0.15) is 0 Å². The average Bonchev–Trinajstić information content (AvgIpc) is 3.17. The number of likely N-dealkylation sites (tertiary alicyclic amines) is 1. The summed E-state index contributed by atoms with van der Waals surface area (Å²) in [5.74, 6) is 0.879. The molecule has 7 heteroatoms. The van der Waals surface area contributed by atoms with E-state index in [0.29, 0.717) is 45.8 Å². The minimum Gasteiger partial charge on any atom is -0.497 e. The van der Waals surface area contributed by atoms with E-state index in [1.165, 1.54) is 0 Å². The number of ether oxygens (including phenoxy) is 3. The lowest BCUT2D eigenvalue weighted by Crippen LogP contribution is -2.53. The Morgan fingerprint density at radius 3 is 2.79 bits per heavy atom. The zero-order valence-corrected chi connectivity index (χ0v) is 17.4. The number of hydrogen-bond donors (Lipinski definition) is 1. The first-order valence-corrected chi connectivity index (χ1v) is 10.3. The van der Waals surface area contributed by atoms with Crippen molar-refractivity contribution in [2.24, 2.45) is 5.92 Å². The summed E-state index contributed by atoms with van der Waals surface area (Å²) >= 11 is 0. The van der Waals surface area contributed by atoms with E-state index in [1.807, 2.05) is 29.2 Å². The van der Waals surface area contributed by atoms with E-state index < -0.39 is 5.54 Å². The first-order valence-electron chi connectivity index (χ1n) is 10.3. The van der Waals surface area contributed by atoms with Gasteiger partial charge in [0.1, 0.15) is 5.75 Å². The zero-order chi connectivity index (χ0) is 20.7. The highest BCUT2D eigenvalue weighted by atomic mass is 16.5. The molecule has 3 rings (SSSR count). The number of nitrogens with one attached hydrogen (secondary N) is 1. The second-order valence-corrected chi connectivity index (χ2v) is 7.99. The summed E-state index contributed by atoms with van der Waals surface area (Å²) in [5, 5.41) is 3.28. The van der Waals surface area contributed by atoms with Gasteiger partial charge in [0.15, 0.2) is 0 Å². The van der Waals surface area contributed by atoms with Gasteiger partial charge in [-0.05, 0) is 43.4 Å². The molecule has 0 spiro atoms. The van der Waals surface area contributed by atoms with Crippen LogP contribution in [0.5, 0.6) is 5.75 Å². The van der Waals surface area contributed by atoms with Crippen molar-refractivity contribution in [2.45, 2.75) is 37.6 Å². The first kappa shape index (κ1) is 21.6. The SMILES string of the molecule is COCCC1(NC(=O)C2CCOCC2)CCN(C(=O)Cc2cccc(OC)c2)C1. The van der Waals surface area contributed by atoms with E-state index >= 15 is 0 Å². The van der Waals surface area contributed by atoms with Gasteiger partial charge in [0, 0.05) is 45.9 Å². The van der Waals surface area contributed by atoms with Gasteiger partial charge in [0.25, 0.3) is 0 Å². The quantitative estimate of drug-likeness (QED) is 0.715. The lowest BCUT2D eigenvalue weighted by molar-refractivity contribution is -0.132. The normalized spacial score (nSPS) is 22.5. The Morgan fingerprint density at radius 2 is 2.07 bits per heavy atom. The standard InChI is InChI=1S/C22H32N2O5/c1-27-13-9-22(23-21(26)18-6-11-29-12-7-18)8-10-24(16-22)20(25)15-17-4-3-5-19(14-17)28-2/h3-5,14,18H,6-13,15-16H2,1-2H3,(H,23,26). The molecule has 160 valence electrons. The minimum atomic E-state index is -0.421. The molecule has 0 aliphatic carbocycles. The number of benzene rings is 1. The van der Waals surface area contributed by atoms with Gasteiger partial charge in [-0.3, -0.25) is 9.59 Å². The zero-order valence-electron chi connectivity index (χ0n) is 17.4. The number of methoxy groups -OCH3 is 2. The minimum absolute atomic E-state index is 0.00953. The molecule has 2 aliphatic heterocycles. The van der Waals surface area contributed by atoms with Crippen molar-refractivity contribution in [1.29, 1.82) is 0 Å². The van der Waals surface area contributed by atoms with Gasteiger partial charge in [-0.15, -0.1) is 0 Å². The molecule has 0 bridgehead atoms. The first-order chi connectivity index (χ1) is 14.0. The Bertz CT molecular complexity index is 704. The molecule has 2 aliphatic rings. The third kappa shape index (κ3) is 5.70. The summed E-state index contributed by atoms with van der Waals surface area (Å²) in [6.07, 6.45) is 3.28. The summed E-state index contributed by atoms with van der Waals surface area (Å²) in [6.45, 7) is 2.98. The average molecular weight is 405 g/mol. The second kappa shape index (κ2) is 10.1. The highest BCUT2D eigenvalue weighted by Gasteiger charge is 2.41.